The Balaban J connectivity index is 2.78. The molecule has 0 fully saturated rings. The number of halogens is 1. The molecule has 70 valence electrons. The molecule has 1 heterocycles. The van der Waals surface area contributed by atoms with Crippen LogP contribution in [0.3, 0.4) is 0 Å². The predicted octanol–water partition coefficient (Wildman–Crippen LogP) is 2.01. The molecule has 0 saturated carbocycles. The third-order valence-corrected chi connectivity index (χ3v) is 4.76. The lowest BCUT2D eigenvalue weighted by Gasteiger charge is -2.07. The molecule has 5 heteroatoms. The van der Waals surface area contributed by atoms with Gasteiger partial charge >= 0.3 is 0 Å². The van der Waals surface area contributed by atoms with Crippen LogP contribution >= 0.6 is 23.4 Å². The van der Waals surface area contributed by atoms with Gasteiger partial charge in [-0.25, -0.2) is 8.42 Å². The lowest BCUT2D eigenvalue weighted by molar-refractivity contribution is 0.606. The van der Waals surface area contributed by atoms with Gasteiger partial charge < -0.3 is 0 Å². The molecule has 0 aromatic heterocycles. The summed E-state index contributed by atoms with van der Waals surface area (Å²) in [5, 5.41) is 1.35. The zero-order valence-electron chi connectivity index (χ0n) is 6.95. The molecular weight excluding hydrogens is 216 g/mol. The van der Waals surface area contributed by atoms with Crippen LogP contribution in [0.15, 0.2) is 10.3 Å². The third kappa shape index (κ3) is 2.68. The van der Waals surface area contributed by atoms with Crippen LogP contribution in [-0.2, 0) is 9.84 Å². The lowest BCUT2D eigenvalue weighted by atomic mass is 10.5. The molecule has 0 aliphatic carbocycles. The maximum absolute atomic E-state index is 11.1. The first kappa shape index (κ1) is 10.4. The van der Waals surface area contributed by atoms with Gasteiger partial charge in [0.15, 0.2) is 9.84 Å². The first-order valence-electron chi connectivity index (χ1n) is 3.66. The first-order valence-corrected chi connectivity index (χ1v) is 6.69. The number of allylic oxidation sites excluding steroid dienone is 1. The molecule has 0 spiro atoms. The highest BCUT2D eigenvalue weighted by molar-refractivity contribution is 8.05. The van der Waals surface area contributed by atoms with Crippen molar-refractivity contribution in [2.75, 3.05) is 5.75 Å². The van der Waals surface area contributed by atoms with Gasteiger partial charge in [0, 0.05) is 15.6 Å². The number of alkyl halides is 1. The highest BCUT2D eigenvalue weighted by atomic mass is 35.5. The molecule has 1 atom stereocenters. The Morgan fingerprint density at radius 3 is 2.58 bits per heavy atom. The van der Waals surface area contributed by atoms with E-state index in [1.54, 1.807) is 0 Å². The van der Waals surface area contributed by atoms with E-state index in [0.717, 1.165) is 4.91 Å². The summed E-state index contributed by atoms with van der Waals surface area (Å²) in [6.07, 6.45) is 0. The number of thioether (sulfide) groups is 1. The van der Waals surface area contributed by atoms with Gasteiger partial charge in [-0.05, 0) is 0 Å². The van der Waals surface area contributed by atoms with Gasteiger partial charge in [-0.15, -0.1) is 23.4 Å². The fraction of sp³-hybridized carbons (Fsp3) is 0.714. The van der Waals surface area contributed by atoms with E-state index < -0.39 is 9.84 Å². The fourth-order valence-electron chi connectivity index (χ4n) is 0.959. The number of rotatable bonds is 2. The summed E-state index contributed by atoms with van der Waals surface area (Å²) in [6.45, 7) is 4.03. The van der Waals surface area contributed by atoms with Crippen LogP contribution in [-0.4, -0.2) is 24.8 Å². The quantitative estimate of drug-likeness (QED) is 0.676. The average Bonchev–Trinajstić information content (AvgIpc) is 2.03. The zero-order valence-corrected chi connectivity index (χ0v) is 9.34. The van der Waals surface area contributed by atoms with Gasteiger partial charge in [0.2, 0.25) is 0 Å². The van der Waals surface area contributed by atoms with Crippen molar-refractivity contribution in [1.82, 2.24) is 0 Å². The first-order chi connectivity index (χ1) is 5.41. The smallest absolute Gasteiger partial charge is 0.174 e. The maximum Gasteiger partial charge on any atom is 0.174 e. The van der Waals surface area contributed by atoms with Crippen LogP contribution in [0.25, 0.3) is 0 Å². The van der Waals surface area contributed by atoms with Crippen molar-refractivity contribution in [3.8, 4) is 0 Å². The summed E-state index contributed by atoms with van der Waals surface area (Å²) in [4.78, 5) is 0.784. The summed E-state index contributed by atoms with van der Waals surface area (Å²) in [6, 6.07) is 0. The molecule has 0 radical (unpaired) electrons. The Morgan fingerprint density at radius 1 is 1.67 bits per heavy atom. The standard InChI is InChI=1S/C7H11ClO2S2/c1-5(2)11-7-4-12(9,10)3-6(7)8/h4-6H,3H2,1-2H3. The zero-order chi connectivity index (χ0) is 9.35. The molecule has 0 saturated heterocycles. The van der Waals surface area contributed by atoms with Gasteiger partial charge in [-0.1, -0.05) is 13.8 Å². The molecule has 0 aromatic carbocycles. The molecule has 1 aliphatic heterocycles. The van der Waals surface area contributed by atoms with E-state index in [4.69, 9.17) is 11.6 Å². The van der Waals surface area contributed by atoms with E-state index >= 15 is 0 Å². The van der Waals surface area contributed by atoms with Crippen molar-refractivity contribution in [2.24, 2.45) is 0 Å². The molecule has 2 nitrogen and oxygen atoms in total. The SMILES string of the molecule is CC(C)SC1=CS(=O)(=O)CC1Cl. The average molecular weight is 227 g/mol. The van der Waals surface area contributed by atoms with Crippen molar-refractivity contribution in [3.63, 3.8) is 0 Å². The minimum absolute atomic E-state index is 0.0591. The molecule has 0 N–H and O–H groups in total. The second-order valence-corrected chi connectivity index (χ2v) is 7.06. The van der Waals surface area contributed by atoms with Crippen LogP contribution in [0.2, 0.25) is 0 Å². The summed E-state index contributed by atoms with van der Waals surface area (Å²) in [5.74, 6) is 0.0591. The number of hydrogen-bond acceptors (Lipinski definition) is 3. The predicted molar refractivity (Wildman–Crippen MR) is 54.2 cm³/mol. The van der Waals surface area contributed by atoms with Crippen molar-refractivity contribution >= 4 is 33.2 Å². The minimum atomic E-state index is -3.01. The second kappa shape index (κ2) is 3.60. The highest BCUT2D eigenvalue weighted by Crippen LogP contribution is 2.33. The second-order valence-electron chi connectivity index (χ2n) is 2.98. The van der Waals surface area contributed by atoms with Gasteiger partial charge in [-0.3, -0.25) is 0 Å². The Morgan fingerprint density at radius 2 is 2.25 bits per heavy atom. The summed E-state index contributed by atoms with van der Waals surface area (Å²) in [5.41, 5.74) is 0. The molecule has 0 bridgehead atoms. The minimum Gasteiger partial charge on any atom is -0.224 e. The highest BCUT2D eigenvalue weighted by Gasteiger charge is 2.28. The Kier molecular flexibility index (Phi) is 3.12. The summed E-state index contributed by atoms with van der Waals surface area (Å²) in [7, 11) is -3.01. The van der Waals surface area contributed by atoms with Crippen molar-refractivity contribution in [1.29, 1.82) is 0 Å². The topological polar surface area (TPSA) is 34.1 Å². The van der Waals surface area contributed by atoms with Gasteiger partial charge in [0.05, 0.1) is 11.1 Å². The molecule has 12 heavy (non-hydrogen) atoms. The lowest BCUT2D eigenvalue weighted by Crippen LogP contribution is -2.06. The van der Waals surface area contributed by atoms with Crippen molar-refractivity contribution in [2.45, 2.75) is 24.5 Å². The third-order valence-electron chi connectivity index (χ3n) is 1.35. The monoisotopic (exact) mass is 226 g/mol. The molecular formula is C7H11ClO2S2. The molecule has 1 rings (SSSR count). The molecule has 1 aliphatic rings. The normalized spacial score (nSPS) is 27.7. The van der Waals surface area contributed by atoms with Crippen LogP contribution in [0.5, 0.6) is 0 Å². The van der Waals surface area contributed by atoms with Gasteiger partial charge in [0.1, 0.15) is 0 Å². The van der Waals surface area contributed by atoms with Gasteiger partial charge in [0.25, 0.3) is 0 Å². The van der Waals surface area contributed by atoms with E-state index in [-0.39, 0.29) is 11.1 Å². The largest absolute Gasteiger partial charge is 0.224 e. The van der Waals surface area contributed by atoms with Crippen LogP contribution < -0.4 is 0 Å². The van der Waals surface area contributed by atoms with Crippen LogP contribution in [0, 0.1) is 0 Å². The number of hydrogen-bond donors (Lipinski definition) is 0. The van der Waals surface area contributed by atoms with E-state index in [0.29, 0.717) is 5.25 Å². The number of sulfone groups is 1. The van der Waals surface area contributed by atoms with E-state index in [2.05, 4.69) is 0 Å². The maximum atomic E-state index is 11.1. The van der Waals surface area contributed by atoms with E-state index in [9.17, 15) is 8.42 Å². The van der Waals surface area contributed by atoms with Crippen LogP contribution in [0.1, 0.15) is 13.8 Å². The Labute approximate surface area is 82.3 Å². The van der Waals surface area contributed by atoms with E-state index in [1.807, 2.05) is 13.8 Å². The van der Waals surface area contributed by atoms with Crippen LogP contribution in [0.4, 0.5) is 0 Å². The Bertz CT molecular complexity index is 293. The molecule has 1 unspecified atom stereocenters. The summed E-state index contributed by atoms with van der Waals surface area (Å²) < 4.78 is 22.1. The Hall–Kier alpha value is 0.330. The van der Waals surface area contributed by atoms with Crippen molar-refractivity contribution in [3.05, 3.63) is 10.3 Å². The molecule has 0 aromatic rings. The van der Waals surface area contributed by atoms with E-state index in [1.165, 1.54) is 17.2 Å². The van der Waals surface area contributed by atoms with Crippen molar-refractivity contribution < 1.29 is 8.42 Å². The summed E-state index contributed by atoms with van der Waals surface area (Å²) >= 11 is 7.36. The molecule has 0 amide bonds. The van der Waals surface area contributed by atoms with Gasteiger partial charge in [-0.2, -0.15) is 0 Å². The fourth-order valence-corrected chi connectivity index (χ4v) is 4.52.